The molecule has 0 aromatic carbocycles. The maximum Gasteiger partial charge on any atom is 0.308 e. The molecule has 4 heteroatoms. The van der Waals surface area contributed by atoms with Crippen LogP contribution in [0.5, 0.6) is 0 Å². The zero-order chi connectivity index (χ0) is 9.35. The Kier molecular flexibility index (Phi) is 2.08. The average molecular weight is 171 g/mol. The summed E-state index contributed by atoms with van der Waals surface area (Å²) in [5.41, 5.74) is -0.610. The van der Waals surface area contributed by atoms with Crippen LogP contribution in [0.15, 0.2) is 0 Å². The van der Waals surface area contributed by atoms with Crippen LogP contribution in [-0.2, 0) is 9.59 Å². The molecule has 1 unspecified atom stereocenters. The van der Waals surface area contributed by atoms with E-state index < -0.39 is 17.4 Å². The number of aliphatic carboxylic acids is 1. The normalized spacial score (nSPS) is 27.8. The second-order valence-corrected chi connectivity index (χ2v) is 3.70. The number of rotatable bonds is 1. The minimum atomic E-state index is -0.833. The first-order valence-corrected chi connectivity index (χ1v) is 3.97. The van der Waals surface area contributed by atoms with Gasteiger partial charge in [-0.25, -0.2) is 0 Å². The molecular formula is C8H13NO3. The smallest absolute Gasteiger partial charge is 0.308 e. The molecule has 0 saturated carbocycles. The summed E-state index contributed by atoms with van der Waals surface area (Å²) in [6, 6.07) is 0. The van der Waals surface area contributed by atoms with Crippen molar-refractivity contribution in [2.24, 2.45) is 5.92 Å². The van der Waals surface area contributed by atoms with Crippen molar-refractivity contribution in [2.75, 3.05) is 0 Å². The molecule has 12 heavy (non-hydrogen) atoms. The summed E-state index contributed by atoms with van der Waals surface area (Å²) in [4.78, 5) is 21.7. The molecule has 0 aromatic rings. The SMILES string of the molecule is CC1(C)NC(=O)CCC1C(=O)O. The molecular weight excluding hydrogens is 158 g/mol. The van der Waals surface area contributed by atoms with Crippen LogP contribution in [0.3, 0.4) is 0 Å². The maximum atomic E-state index is 10.9. The third kappa shape index (κ3) is 1.57. The molecule has 1 aliphatic rings. The van der Waals surface area contributed by atoms with E-state index in [1.165, 1.54) is 0 Å². The topological polar surface area (TPSA) is 66.4 Å². The number of hydrogen-bond acceptors (Lipinski definition) is 2. The fourth-order valence-electron chi connectivity index (χ4n) is 1.58. The van der Waals surface area contributed by atoms with Crippen molar-refractivity contribution in [3.8, 4) is 0 Å². The molecule has 0 radical (unpaired) electrons. The Hall–Kier alpha value is -1.06. The summed E-state index contributed by atoms with van der Waals surface area (Å²) in [6.45, 7) is 3.48. The molecule has 0 bridgehead atoms. The number of amides is 1. The molecule has 0 spiro atoms. The first-order chi connectivity index (χ1) is 5.43. The van der Waals surface area contributed by atoms with Gasteiger partial charge in [-0.1, -0.05) is 0 Å². The molecule has 1 rings (SSSR count). The van der Waals surface area contributed by atoms with Gasteiger partial charge in [0.15, 0.2) is 0 Å². The quantitative estimate of drug-likeness (QED) is 0.599. The summed E-state index contributed by atoms with van der Waals surface area (Å²) < 4.78 is 0. The predicted molar refractivity (Wildman–Crippen MR) is 42.6 cm³/mol. The van der Waals surface area contributed by atoms with Gasteiger partial charge in [0.2, 0.25) is 5.91 Å². The molecule has 0 aliphatic carbocycles. The van der Waals surface area contributed by atoms with Crippen LogP contribution in [0, 0.1) is 5.92 Å². The standard InChI is InChI=1S/C8H13NO3/c1-8(2)5(7(11)12)3-4-6(10)9-8/h5H,3-4H2,1-2H3,(H,9,10)(H,11,12). The Morgan fingerprint density at radius 2 is 2.25 bits per heavy atom. The summed E-state index contributed by atoms with van der Waals surface area (Å²) in [7, 11) is 0. The molecule has 1 fully saturated rings. The van der Waals surface area contributed by atoms with Gasteiger partial charge >= 0.3 is 5.97 Å². The molecule has 1 atom stereocenters. The highest BCUT2D eigenvalue weighted by Gasteiger charge is 2.39. The monoisotopic (exact) mass is 171 g/mol. The van der Waals surface area contributed by atoms with Gasteiger partial charge in [0.05, 0.1) is 5.92 Å². The molecule has 2 N–H and O–H groups in total. The minimum Gasteiger partial charge on any atom is -0.481 e. The summed E-state index contributed by atoms with van der Waals surface area (Å²) in [6.07, 6.45) is 0.758. The van der Waals surface area contributed by atoms with Crippen molar-refractivity contribution in [1.82, 2.24) is 5.32 Å². The Bertz CT molecular complexity index is 222. The van der Waals surface area contributed by atoms with E-state index in [0.717, 1.165) is 0 Å². The van der Waals surface area contributed by atoms with E-state index in [4.69, 9.17) is 5.11 Å². The maximum absolute atomic E-state index is 10.9. The zero-order valence-electron chi connectivity index (χ0n) is 7.26. The van der Waals surface area contributed by atoms with Crippen LogP contribution >= 0.6 is 0 Å². The van der Waals surface area contributed by atoms with Crippen LogP contribution < -0.4 is 5.32 Å². The molecule has 1 amide bonds. The van der Waals surface area contributed by atoms with Gasteiger partial charge in [-0.05, 0) is 20.3 Å². The lowest BCUT2D eigenvalue weighted by atomic mass is 9.81. The van der Waals surface area contributed by atoms with Gasteiger partial charge in [-0.15, -0.1) is 0 Å². The lowest BCUT2D eigenvalue weighted by molar-refractivity contribution is -0.147. The second kappa shape index (κ2) is 2.77. The molecule has 1 aliphatic heterocycles. The predicted octanol–water partition coefficient (Wildman–Crippen LogP) is 0.376. The van der Waals surface area contributed by atoms with Crippen molar-refractivity contribution in [2.45, 2.75) is 32.2 Å². The third-order valence-corrected chi connectivity index (χ3v) is 2.29. The van der Waals surface area contributed by atoms with E-state index >= 15 is 0 Å². The van der Waals surface area contributed by atoms with E-state index in [-0.39, 0.29) is 5.91 Å². The van der Waals surface area contributed by atoms with Gasteiger partial charge < -0.3 is 10.4 Å². The Balaban J connectivity index is 2.77. The van der Waals surface area contributed by atoms with Crippen LogP contribution in [-0.4, -0.2) is 22.5 Å². The van der Waals surface area contributed by atoms with Gasteiger partial charge in [-0.2, -0.15) is 0 Å². The van der Waals surface area contributed by atoms with Crippen molar-refractivity contribution in [3.63, 3.8) is 0 Å². The van der Waals surface area contributed by atoms with Crippen LogP contribution in [0.2, 0.25) is 0 Å². The zero-order valence-corrected chi connectivity index (χ0v) is 7.26. The highest BCUT2D eigenvalue weighted by Crippen LogP contribution is 2.26. The summed E-state index contributed by atoms with van der Waals surface area (Å²) in [5.74, 6) is -1.35. The molecule has 1 saturated heterocycles. The van der Waals surface area contributed by atoms with Crippen molar-refractivity contribution >= 4 is 11.9 Å². The molecule has 1 heterocycles. The number of carbonyl (C=O) groups is 2. The van der Waals surface area contributed by atoms with Gasteiger partial charge in [0, 0.05) is 12.0 Å². The first kappa shape index (κ1) is 9.03. The Morgan fingerprint density at radius 3 is 2.67 bits per heavy atom. The van der Waals surface area contributed by atoms with Gasteiger partial charge in [0.1, 0.15) is 0 Å². The average Bonchev–Trinajstić information content (AvgIpc) is 1.82. The van der Waals surface area contributed by atoms with E-state index in [0.29, 0.717) is 12.8 Å². The van der Waals surface area contributed by atoms with Crippen molar-refractivity contribution in [1.29, 1.82) is 0 Å². The largest absolute Gasteiger partial charge is 0.481 e. The van der Waals surface area contributed by atoms with Gasteiger partial charge in [0.25, 0.3) is 0 Å². The van der Waals surface area contributed by atoms with Crippen LogP contribution in [0.25, 0.3) is 0 Å². The summed E-state index contributed by atoms with van der Waals surface area (Å²) >= 11 is 0. The van der Waals surface area contributed by atoms with Crippen molar-refractivity contribution in [3.05, 3.63) is 0 Å². The number of piperidine rings is 1. The fourth-order valence-corrected chi connectivity index (χ4v) is 1.58. The molecule has 0 aromatic heterocycles. The summed E-state index contributed by atoms with van der Waals surface area (Å²) in [5, 5.41) is 11.5. The highest BCUT2D eigenvalue weighted by molar-refractivity contribution is 5.82. The van der Waals surface area contributed by atoms with Crippen molar-refractivity contribution < 1.29 is 14.7 Å². The van der Waals surface area contributed by atoms with Crippen LogP contribution in [0.1, 0.15) is 26.7 Å². The lowest BCUT2D eigenvalue weighted by Crippen LogP contribution is -2.55. The molecule has 68 valence electrons. The first-order valence-electron chi connectivity index (χ1n) is 3.97. The van der Waals surface area contributed by atoms with Gasteiger partial charge in [-0.3, -0.25) is 9.59 Å². The van der Waals surface area contributed by atoms with Crippen LogP contribution in [0.4, 0.5) is 0 Å². The second-order valence-electron chi connectivity index (χ2n) is 3.70. The Labute approximate surface area is 71.0 Å². The van der Waals surface area contributed by atoms with E-state index in [2.05, 4.69) is 5.32 Å². The lowest BCUT2D eigenvalue weighted by Gasteiger charge is -2.36. The Morgan fingerprint density at radius 1 is 1.67 bits per heavy atom. The highest BCUT2D eigenvalue weighted by atomic mass is 16.4. The number of carbonyl (C=O) groups excluding carboxylic acids is 1. The number of nitrogens with one attached hydrogen (secondary N) is 1. The van der Waals surface area contributed by atoms with E-state index in [1.54, 1.807) is 13.8 Å². The number of carboxylic acid groups (broad SMARTS) is 1. The number of hydrogen-bond donors (Lipinski definition) is 2. The molecule has 4 nitrogen and oxygen atoms in total. The van der Waals surface area contributed by atoms with E-state index in [1.807, 2.05) is 0 Å². The third-order valence-electron chi connectivity index (χ3n) is 2.29. The number of carboxylic acids is 1. The minimum absolute atomic E-state index is 0.0579. The fraction of sp³-hybridized carbons (Fsp3) is 0.750. The van der Waals surface area contributed by atoms with E-state index in [9.17, 15) is 9.59 Å².